The van der Waals surface area contributed by atoms with E-state index in [1.165, 1.54) is 16.7 Å². The van der Waals surface area contributed by atoms with Crippen LogP contribution in [0.2, 0.25) is 0 Å². The highest BCUT2D eigenvalue weighted by Crippen LogP contribution is 2.25. The van der Waals surface area contributed by atoms with Gasteiger partial charge in [0.1, 0.15) is 0 Å². The van der Waals surface area contributed by atoms with Gasteiger partial charge in [-0.1, -0.05) is 48.8 Å². The topological polar surface area (TPSA) is 40.5 Å². The number of aliphatic hydroxyl groups is 2. The van der Waals surface area contributed by atoms with Crippen molar-refractivity contribution in [1.29, 1.82) is 0 Å². The fourth-order valence-corrected chi connectivity index (χ4v) is 2.75. The van der Waals surface area contributed by atoms with Crippen molar-refractivity contribution in [2.75, 3.05) is 0 Å². The predicted octanol–water partition coefficient (Wildman–Crippen LogP) is 4.93. The molecule has 2 heteroatoms. The second kappa shape index (κ2) is 8.69. The van der Waals surface area contributed by atoms with Crippen LogP contribution in [-0.4, -0.2) is 21.9 Å². The van der Waals surface area contributed by atoms with Crippen LogP contribution in [0, 0.1) is 5.92 Å². The second-order valence-electron chi connectivity index (χ2n) is 7.39. The quantitative estimate of drug-likeness (QED) is 0.674. The number of rotatable bonds is 1. The predicted molar refractivity (Wildman–Crippen MR) is 94.8 cm³/mol. The highest BCUT2D eigenvalue weighted by molar-refractivity contribution is 5.15. The molecule has 0 fully saturated rings. The van der Waals surface area contributed by atoms with Crippen molar-refractivity contribution in [2.24, 2.45) is 5.92 Å². The van der Waals surface area contributed by atoms with Crippen LogP contribution in [0.15, 0.2) is 34.9 Å². The van der Waals surface area contributed by atoms with Gasteiger partial charge in [0.05, 0.1) is 11.7 Å². The minimum atomic E-state index is -1.05. The first-order valence-electron chi connectivity index (χ1n) is 8.63. The molecule has 22 heavy (non-hydrogen) atoms. The summed E-state index contributed by atoms with van der Waals surface area (Å²) in [6.45, 7) is 10.4. The van der Waals surface area contributed by atoms with Crippen molar-refractivity contribution < 1.29 is 10.2 Å². The minimum Gasteiger partial charge on any atom is -0.390 e. The molecule has 0 aromatic carbocycles. The minimum absolute atomic E-state index is 0.465. The zero-order valence-electron chi connectivity index (χ0n) is 15.0. The van der Waals surface area contributed by atoms with Gasteiger partial charge in [-0.15, -0.1) is 0 Å². The Bertz CT molecular complexity index is 439. The number of hydrogen-bond donors (Lipinski definition) is 2. The standard InChI is InChI=1S/C20H34O2/c1-15(2)18-11-9-16(3)7-6-8-17(4)10-12-19(21)20(5,22)14-13-18/h8-9,13,15,19,21-22H,6-7,10-12,14H2,1-5H3/b16-9-,17-8+,18-13-. The van der Waals surface area contributed by atoms with Crippen LogP contribution in [-0.2, 0) is 0 Å². The first-order valence-corrected chi connectivity index (χ1v) is 8.63. The molecule has 2 nitrogen and oxygen atoms in total. The largest absolute Gasteiger partial charge is 0.390 e. The molecule has 0 spiro atoms. The third-order valence-electron chi connectivity index (χ3n) is 4.77. The van der Waals surface area contributed by atoms with Crippen LogP contribution in [0.1, 0.15) is 73.1 Å². The Kier molecular flexibility index (Phi) is 7.58. The Hall–Kier alpha value is -0.860. The molecule has 0 heterocycles. The Morgan fingerprint density at radius 1 is 1.09 bits per heavy atom. The normalized spacial score (nSPS) is 36.5. The van der Waals surface area contributed by atoms with E-state index in [1.807, 2.05) is 0 Å². The number of allylic oxidation sites excluding steroid dienone is 5. The molecule has 0 aliphatic heterocycles. The molecule has 126 valence electrons. The summed E-state index contributed by atoms with van der Waals surface area (Å²) in [6, 6.07) is 0. The van der Waals surface area contributed by atoms with Gasteiger partial charge in [-0.05, 0) is 65.2 Å². The van der Waals surface area contributed by atoms with Crippen molar-refractivity contribution in [3.63, 3.8) is 0 Å². The Morgan fingerprint density at radius 3 is 2.36 bits per heavy atom. The molecular weight excluding hydrogens is 272 g/mol. The van der Waals surface area contributed by atoms with Gasteiger partial charge in [0, 0.05) is 0 Å². The molecule has 0 radical (unpaired) electrons. The molecular formula is C20H34O2. The summed E-state index contributed by atoms with van der Waals surface area (Å²) in [5.41, 5.74) is 3.02. The Balaban J connectivity index is 2.98. The van der Waals surface area contributed by atoms with Crippen molar-refractivity contribution in [1.82, 2.24) is 0 Å². The first-order chi connectivity index (χ1) is 10.2. The summed E-state index contributed by atoms with van der Waals surface area (Å²) < 4.78 is 0. The lowest BCUT2D eigenvalue weighted by atomic mass is 9.87. The van der Waals surface area contributed by atoms with Crippen LogP contribution in [0.3, 0.4) is 0 Å². The van der Waals surface area contributed by atoms with Crippen LogP contribution < -0.4 is 0 Å². The van der Waals surface area contributed by atoms with Crippen LogP contribution in [0.4, 0.5) is 0 Å². The van der Waals surface area contributed by atoms with Crippen molar-refractivity contribution in [2.45, 2.75) is 84.8 Å². The lowest BCUT2D eigenvalue weighted by Crippen LogP contribution is -2.38. The van der Waals surface area contributed by atoms with Gasteiger partial charge >= 0.3 is 0 Å². The van der Waals surface area contributed by atoms with Gasteiger partial charge < -0.3 is 10.2 Å². The third-order valence-corrected chi connectivity index (χ3v) is 4.77. The second-order valence-corrected chi connectivity index (χ2v) is 7.39. The SMILES string of the molecule is C/C1=C/C/C(C(C)C)=C/CC(C)(O)C(O)CC/C(C)=C/CC1. The molecule has 1 aliphatic rings. The maximum atomic E-state index is 10.6. The summed E-state index contributed by atoms with van der Waals surface area (Å²) in [4.78, 5) is 0. The summed E-state index contributed by atoms with van der Waals surface area (Å²) in [7, 11) is 0. The summed E-state index contributed by atoms with van der Waals surface area (Å²) in [5.74, 6) is 0.465. The molecule has 0 bridgehead atoms. The molecule has 1 aliphatic carbocycles. The number of hydrogen-bond acceptors (Lipinski definition) is 2. The fourth-order valence-electron chi connectivity index (χ4n) is 2.75. The van der Waals surface area contributed by atoms with Crippen LogP contribution in [0.5, 0.6) is 0 Å². The van der Waals surface area contributed by atoms with E-state index >= 15 is 0 Å². The first kappa shape index (κ1) is 19.2. The van der Waals surface area contributed by atoms with E-state index in [9.17, 15) is 10.2 Å². The average molecular weight is 306 g/mol. The van der Waals surface area contributed by atoms with Gasteiger partial charge in [-0.3, -0.25) is 0 Å². The van der Waals surface area contributed by atoms with Gasteiger partial charge in [-0.2, -0.15) is 0 Å². The van der Waals surface area contributed by atoms with Gasteiger partial charge in [0.2, 0.25) is 0 Å². The van der Waals surface area contributed by atoms with E-state index in [4.69, 9.17) is 0 Å². The van der Waals surface area contributed by atoms with E-state index in [0.29, 0.717) is 18.8 Å². The van der Waals surface area contributed by atoms with Gasteiger partial charge in [-0.25, -0.2) is 0 Å². The van der Waals surface area contributed by atoms with E-state index in [-0.39, 0.29) is 0 Å². The summed E-state index contributed by atoms with van der Waals surface area (Å²) >= 11 is 0. The summed E-state index contributed by atoms with van der Waals surface area (Å²) in [5, 5.41) is 20.9. The molecule has 0 saturated carbocycles. The molecule has 2 N–H and O–H groups in total. The number of aliphatic hydroxyl groups excluding tert-OH is 1. The lowest BCUT2D eigenvalue weighted by Gasteiger charge is -2.29. The Morgan fingerprint density at radius 2 is 1.73 bits per heavy atom. The molecule has 2 unspecified atom stereocenters. The molecule has 0 aromatic heterocycles. The van der Waals surface area contributed by atoms with E-state index in [2.05, 4.69) is 45.9 Å². The fraction of sp³-hybridized carbons (Fsp3) is 0.700. The monoisotopic (exact) mass is 306 g/mol. The van der Waals surface area contributed by atoms with Crippen molar-refractivity contribution in [3.8, 4) is 0 Å². The van der Waals surface area contributed by atoms with Crippen LogP contribution in [0.25, 0.3) is 0 Å². The van der Waals surface area contributed by atoms with E-state index in [1.54, 1.807) is 6.92 Å². The average Bonchev–Trinajstić information content (AvgIpc) is 2.43. The summed E-state index contributed by atoms with van der Waals surface area (Å²) in [6.07, 6.45) is 11.1. The maximum Gasteiger partial charge on any atom is 0.0911 e. The zero-order valence-corrected chi connectivity index (χ0v) is 15.0. The molecule has 0 amide bonds. The highest BCUT2D eigenvalue weighted by atomic mass is 16.3. The van der Waals surface area contributed by atoms with Crippen molar-refractivity contribution in [3.05, 3.63) is 34.9 Å². The highest BCUT2D eigenvalue weighted by Gasteiger charge is 2.29. The lowest BCUT2D eigenvalue weighted by molar-refractivity contribution is -0.0624. The molecule has 2 atom stereocenters. The smallest absolute Gasteiger partial charge is 0.0911 e. The van der Waals surface area contributed by atoms with Gasteiger partial charge in [0.25, 0.3) is 0 Å². The zero-order chi connectivity index (χ0) is 16.8. The van der Waals surface area contributed by atoms with Crippen LogP contribution >= 0.6 is 0 Å². The van der Waals surface area contributed by atoms with Crippen molar-refractivity contribution >= 4 is 0 Å². The third kappa shape index (κ3) is 6.50. The van der Waals surface area contributed by atoms with E-state index < -0.39 is 11.7 Å². The van der Waals surface area contributed by atoms with Gasteiger partial charge in [0.15, 0.2) is 0 Å². The molecule has 1 rings (SSSR count). The maximum absolute atomic E-state index is 10.6. The molecule has 0 aromatic rings. The van der Waals surface area contributed by atoms with E-state index in [0.717, 1.165) is 25.7 Å². The Labute approximate surface area is 136 Å². The molecule has 0 saturated heterocycles.